The molecule has 0 aliphatic rings. The van der Waals surface area contributed by atoms with Crippen LogP contribution in [0.15, 0.2) is 24.3 Å². The van der Waals surface area contributed by atoms with E-state index in [0.717, 1.165) is 19.3 Å². The molecule has 0 saturated heterocycles. The molecule has 0 fully saturated rings. The molecule has 0 radical (unpaired) electrons. The second kappa shape index (κ2) is 21.8. The summed E-state index contributed by atoms with van der Waals surface area (Å²) in [7, 11) is -4.66. The van der Waals surface area contributed by atoms with E-state index in [9.17, 15) is 9.46 Å². The van der Waals surface area contributed by atoms with Crippen LogP contribution in [0.3, 0.4) is 0 Å². The Morgan fingerprint density at radius 3 is 1.64 bits per heavy atom. The third-order valence-corrected chi connectivity index (χ3v) is 7.44. The van der Waals surface area contributed by atoms with Crippen molar-refractivity contribution in [3.05, 3.63) is 33.4 Å². The van der Waals surface area contributed by atoms with Gasteiger partial charge in [-0.3, -0.25) is 9.05 Å². The number of aryl methyl sites for hydroxylation is 1. The average molecular weight is 663 g/mol. The SMILES string of the molecule is [2H]C([2H])(Br)C([2H])([2H])OP(=O)(O)OCCCCCCCCCCCCCCCCCCc1ccc(I)cc1. The van der Waals surface area contributed by atoms with Gasteiger partial charge in [-0.2, -0.15) is 0 Å². The van der Waals surface area contributed by atoms with Gasteiger partial charge >= 0.3 is 7.82 Å². The number of phosphoric acid groups is 1. The van der Waals surface area contributed by atoms with Crippen LogP contribution in [0.25, 0.3) is 0 Å². The largest absolute Gasteiger partial charge is 0.472 e. The molecule has 192 valence electrons. The summed E-state index contributed by atoms with van der Waals surface area (Å²) in [4.78, 5) is 9.57. The van der Waals surface area contributed by atoms with Gasteiger partial charge in [0.05, 0.1) is 15.9 Å². The van der Waals surface area contributed by atoms with Crippen molar-refractivity contribution in [2.45, 2.75) is 109 Å². The molecule has 1 aromatic carbocycles. The van der Waals surface area contributed by atoms with E-state index in [-0.39, 0.29) is 6.61 Å². The monoisotopic (exact) mass is 662 g/mol. The van der Waals surface area contributed by atoms with Crippen molar-refractivity contribution in [1.82, 2.24) is 0 Å². The van der Waals surface area contributed by atoms with Gasteiger partial charge in [-0.05, 0) is 59.5 Å². The van der Waals surface area contributed by atoms with E-state index in [2.05, 4.69) is 67.3 Å². The fourth-order valence-corrected chi connectivity index (χ4v) is 4.98. The second-order valence-corrected chi connectivity index (χ2v) is 11.6. The first-order chi connectivity index (χ1) is 17.4. The molecule has 0 aromatic heterocycles. The standard InChI is InChI=1S/C26H45BrIO4P/c27-22-24-32-33(29,30)31-23-16-14-12-10-8-6-4-2-1-3-5-7-9-11-13-15-17-25-18-20-26(28)21-19-25/h18-21H,1-17,22-24H2,(H,29,30)/i22D2,24D2. The molecule has 1 N–H and O–H groups in total. The van der Waals surface area contributed by atoms with Gasteiger partial charge in [0.2, 0.25) is 0 Å². The molecule has 0 saturated carbocycles. The van der Waals surface area contributed by atoms with Crippen molar-refractivity contribution in [2.75, 3.05) is 18.4 Å². The summed E-state index contributed by atoms with van der Waals surface area (Å²) in [5.41, 5.74) is 1.46. The van der Waals surface area contributed by atoms with Crippen molar-refractivity contribution < 1.29 is 24.0 Å². The molecule has 7 heteroatoms. The maximum Gasteiger partial charge on any atom is 0.472 e. The third kappa shape index (κ3) is 20.4. The number of phosphoric ester groups is 1. The van der Waals surface area contributed by atoms with Crippen LogP contribution in [0.5, 0.6) is 0 Å². The zero-order chi connectivity index (χ0) is 27.6. The first kappa shape index (κ1) is 25.2. The Morgan fingerprint density at radius 2 is 1.18 bits per heavy atom. The lowest BCUT2D eigenvalue weighted by molar-refractivity contribution is 0.154. The topological polar surface area (TPSA) is 55.8 Å². The summed E-state index contributed by atoms with van der Waals surface area (Å²) in [6.07, 6.45) is 20.6. The first-order valence-corrected chi connectivity index (χ1v) is 15.9. The highest BCUT2D eigenvalue weighted by Gasteiger charge is 2.19. The van der Waals surface area contributed by atoms with E-state index < -0.39 is 19.7 Å². The number of hydrogen-bond donors (Lipinski definition) is 1. The van der Waals surface area contributed by atoms with E-state index in [0.29, 0.717) is 6.42 Å². The zero-order valence-electron chi connectivity index (χ0n) is 23.9. The summed E-state index contributed by atoms with van der Waals surface area (Å²) in [6.45, 7) is -3.01. The summed E-state index contributed by atoms with van der Waals surface area (Å²) in [6, 6.07) is 8.88. The Hall–Kier alpha value is 0.540. The van der Waals surface area contributed by atoms with Crippen LogP contribution in [0.2, 0.25) is 0 Å². The van der Waals surface area contributed by atoms with Crippen LogP contribution in [0.4, 0.5) is 0 Å². The lowest BCUT2D eigenvalue weighted by Gasteiger charge is -2.11. The van der Waals surface area contributed by atoms with Gasteiger partial charge in [0, 0.05) is 11.6 Å². The van der Waals surface area contributed by atoms with Crippen LogP contribution in [0, 0.1) is 3.57 Å². The lowest BCUT2D eigenvalue weighted by atomic mass is 10.0. The highest BCUT2D eigenvalue weighted by atomic mass is 127. The molecule has 4 nitrogen and oxygen atoms in total. The molecule has 0 amide bonds. The van der Waals surface area contributed by atoms with Crippen molar-refractivity contribution in [3.8, 4) is 0 Å². The smallest absolute Gasteiger partial charge is 0.302 e. The van der Waals surface area contributed by atoms with E-state index in [1.165, 1.54) is 92.6 Å². The molecular formula is C26H45BrIO4P. The highest BCUT2D eigenvalue weighted by molar-refractivity contribution is 14.1. The molecule has 33 heavy (non-hydrogen) atoms. The Morgan fingerprint density at radius 1 is 0.758 bits per heavy atom. The molecular weight excluding hydrogens is 614 g/mol. The number of unbranched alkanes of at least 4 members (excludes halogenated alkanes) is 15. The fraction of sp³-hybridized carbons (Fsp3) is 0.769. The minimum atomic E-state index is -4.66. The molecule has 0 heterocycles. The molecule has 0 aliphatic heterocycles. The van der Waals surface area contributed by atoms with E-state index >= 15 is 0 Å². The number of halogens is 2. The van der Waals surface area contributed by atoms with Gasteiger partial charge in [-0.1, -0.05) is 118 Å². The summed E-state index contributed by atoms with van der Waals surface area (Å²) in [5.74, 6) is 0. The number of alkyl halides is 1. The predicted octanol–water partition coefficient (Wildman–Crippen LogP) is 9.60. The second-order valence-electron chi connectivity index (χ2n) is 8.62. The number of rotatable bonds is 23. The van der Waals surface area contributed by atoms with Gasteiger partial charge < -0.3 is 4.89 Å². The summed E-state index contributed by atoms with van der Waals surface area (Å²) >= 11 is 4.81. The molecule has 1 atom stereocenters. The van der Waals surface area contributed by atoms with E-state index in [1.54, 1.807) is 0 Å². The molecule has 1 aromatic rings. The van der Waals surface area contributed by atoms with Crippen LogP contribution in [-0.2, 0) is 20.0 Å². The third-order valence-electron chi connectivity index (χ3n) is 5.73. The molecule has 0 bridgehead atoms. The Labute approximate surface area is 230 Å². The van der Waals surface area contributed by atoms with E-state index in [1.807, 2.05) is 0 Å². The van der Waals surface area contributed by atoms with Crippen LogP contribution < -0.4 is 0 Å². The van der Waals surface area contributed by atoms with E-state index in [4.69, 9.17) is 10.0 Å². The molecule has 1 rings (SSSR count). The minimum Gasteiger partial charge on any atom is -0.302 e. The van der Waals surface area contributed by atoms with Gasteiger partial charge in [0.15, 0.2) is 0 Å². The Balaban J connectivity index is 1.82. The maximum atomic E-state index is 11.8. The Kier molecular flexibility index (Phi) is 16.6. The molecule has 0 spiro atoms. The Bertz CT molecular complexity index is 766. The average Bonchev–Trinajstić information content (AvgIpc) is 2.80. The van der Waals surface area contributed by atoms with Gasteiger partial charge in [-0.25, -0.2) is 4.57 Å². The fourth-order valence-electron chi connectivity index (χ4n) is 3.84. The minimum absolute atomic E-state index is 0.0255. The van der Waals surface area contributed by atoms with Crippen molar-refractivity contribution in [2.24, 2.45) is 0 Å². The zero-order valence-corrected chi connectivity index (χ0v) is 24.6. The maximum absolute atomic E-state index is 11.8. The number of hydrogen-bond acceptors (Lipinski definition) is 3. The lowest BCUT2D eigenvalue weighted by Crippen LogP contribution is -1.99. The molecule has 0 aliphatic carbocycles. The predicted molar refractivity (Wildman–Crippen MR) is 152 cm³/mol. The summed E-state index contributed by atoms with van der Waals surface area (Å²) < 4.78 is 51.5. The summed E-state index contributed by atoms with van der Waals surface area (Å²) in [5, 5.41) is -2.61. The first-order valence-electron chi connectivity index (χ1n) is 14.5. The van der Waals surface area contributed by atoms with Gasteiger partial charge in [-0.15, -0.1) is 0 Å². The van der Waals surface area contributed by atoms with Gasteiger partial charge in [0.1, 0.15) is 0 Å². The van der Waals surface area contributed by atoms with Crippen molar-refractivity contribution in [1.29, 1.82) is 0 Å². The van der Waals surface area contributed by atoms with Crippen LogP contribution in [0.1, 0.15) is 114 Å². The van der Waals surface area contributed by atoms with Gasteiger partial charge in [0.25, 0.3) is 0 Å². The van der Waals surface area contributed by atoms with Crippen molar-refractivity contribution in [3.63, 3.8) is 0 Å². The van der Waals surface area contributed by atoms with Crippen LogP contribution >= 0.6 is 46.3 Å². The van der Waals surface area contributed by atoms with Crippen LogP contribution in [-0.4, -0.2) is 23.3 Å². The number of benzene rings is 1. The molecule has 1 unspecified atom stereocenters. The normalized spacial score (nSPS) is 16.0. The quantitative estimate of drug-likeness (QED) is 0.0549. The highest BCUT2D eigenvalue weighted by Crippen LogP contribution is 2.43. The van der Waals surface area contributed by atoms with Crippen molar-refractivity contribution >= 4 is 46.3 Å².